The Labute approximate surface area is 121 Å². The van der Waals surface area contributed by atoms with Crippen LogP contribution in [-0.2, 0) is 0 Å². The summed E-state index contributed by atoms with van der Waals surface area (Å²) in [5.41, 5.74) is 2.54. The van der Waals surface area contributed by atoms with Gasteiger partial charge in [0.2, 0.25) is 0 Å². The van der Waals surface area contributed by atoms with Crippen molar-refractivity contribution < 1.29 is 0 Å². The van der Waals surface area contributed by atoms with Gasteiger partial charge in [-0.25, -0.2) is 9.89 Å². The van der Waals surface area contributed by atoms with Crippen LogP contribution in [0.15, 0.2) is 64.5 Å². The van der Waals surface area contributed by atoms with Gasteiger partial charge in [-0.1, -0.05) is 60.2 Å². The summed E-state index contributed by atoms with van der Waals surface area (Å²) in [6.07, 6.45) is 1.63. The molecule has 0 saturated heterocycles. The first kappa shape index (κ1) is 13.1. The summed E-state index contributed by atoms with van der Waals surface area (Å²) in [7, 11) is 0. The van der Waals surface area contributed by atoms with Crippen LogP contribution in [0.4, 0.5) is 0 Å². The summed E-state index contributed by atoms with van der Waals surface area (Å²) >= 11 is 0. The third-order valence-corrected chi connectivity index (χ3v) is 3.08. The van der Waals surface area contributed by atoms with E-state index in [9.17, 15) is 4.79 Å². The average Bonchev–Trinajstić information content (AvgIpc) is 2.88. The molecule has 0 bridgehead atoms. The summed E-state index contributed by atoms with van der Waals surface area (Å²) in [5.74, 6) is 0.493. The van der Waals surface area contributed by atoms with Crippen LogP contribution in [0.1, 0.15) is 11.1 Å². The van der Waals surface area contributed by atoms with Crippen LogP contribution in [-0.4, -0.2) is 21.1 Å². The van der Waals surface area contributed by atoms with E-state index in [-0.39, 0.29) is 5.69 Å². The molecular formula is C16H14N4O. The van der Waals surface area contributed by atoms with E-state index in [0.717, 1.165) is 16.7 Å². The lowest BCUT2D eigenvalue weighted by atomic mass is 10.1. The predicted molar refractivity (Wildman–Crippen MR) is 82.5 cm³/mol. The Hall–Kier alpha value is -2.95. The fourth-order valence-electron chi connectivity index (χ4n) is 1.95. The van der Waals surface area contributed by atoms with Gasteiger partial charge in [0.05, 0.1) is 6.21 Å². The molecule has 2 aromatic carbocycles. The number of aromatic nitrogens is 3. The van der Waals surface area contributed by atoms with Crippen LogP contribution in [0, 0.1) is 6.92 Å². The van der Waals surface area contributed by atoms with Crippen molar-refractivity contribution in [2.45, 2.75) is 6.92 Å². The lowest BCUT2D eigenvalue weighted by Gasteiger charge is -2.00. The van der Waals surface area contributed by atoms with E-state index in [0.29, 0.717) is 5.82 Å². The van der Waals surface area contributed by atoms with Crippen molar-refractivity contribution in [3.05, 3.63) is 76.2 Å². The number of aromatic amines is 1. The van der Waals surface area contributed by atoms with Crippen molar-refractivity contribution in [1.29, 1.82) is 0 Å². The maximum atomic E-state index is 11.8. The average molecular weight is 278 g/mol. The Morgan fingerprint density at radius 1 is 1.10 bits per heavy atom. The van der Waals surface area contributed by atoms with E-state index in [2.05, 4.69) is 15.3 Å². The third kappa shape index (κ3) is 2.81. The summed E-state index contributed by atoms with van der Waals surface area (Å²) in [6, 6.07) is 17.4. The molecule has 0 aliphatic heterocycles. The van der Waals surface area contributed by atoms with E-state index >= 15 is 0 Å². The molecule has 0 atom stereocenters. The lowest BCUT2D eigenvalue weighted by Crippen LogP contribution is -2.13. The highest BCUT2D eigenvalue weighted by atomic mass is 16.2. The first-order valence-electron chi connectivity index (χ1n) is 6.58. The molecule has 21 heavy (non-hydrogen) atoms. The van der Waals surface area contributed by atoms with Crippen LogP contribution >= 0.6 is 0 Å². The molecule has 0 aliphatic carbocycles. The highest BCUT2D eigenvalue weighted by molar-refractivity contribution is 5.79. The minimum absolute atomic E-state index is 0.363. The van der Waals surface area contributed by atoms with Crippen LogP contribution in [0.3, 0.4) is 0 Å². The number of hydrogen-bond acceptors (Lipinski definition) is 3. The molecule has 1 N–H and O–H groups in total. The standard InChI is InChI=1S/C16H14N4O/c1-12-7-9-14(10-8-12)15-18-19-16(21)20(15)17-11-13-5-3-2-4-6-13/h2-11H,1H3,(H,19,21)/b17-11+. The normalized spacial score (nSPS) is 11.1. The van der Waals surface area contributed by atoms with Crippen molar-refractivity contribution in [1.82, 2.24) is 14.9 Å². The summed E-state index contributed by atoms with van der Waals surface area (Å²) in [4.78, 5) is 11.8. The second-order valence-corrected chi connectivity index (χ2v) is 4.69. The topological polar surface area (TPSA) is 63.0 Å². The first-order valence-corrected chi connectivity index (χ1v) is 6.58. The predicted octanol–water partition coefficient (Wildman–Crippen LogP) is 2.43. The van der Waals surface area contributed by atoms with Gasteiger partial charge in [0.25, 0.3) is 0 Å². The molecular weight excluding hydrogens is 264 g/mol. The summed E-state index contributed by atoms with van der Waals surface area (Å²) in [5, 5.41) is 10.7. The van der Waals surface area contributed by atoms with Crippen LogP contribution < -0.4 is 5.69 Å². The minimum atomic E-state index is -0.363. The number of aryl methyl sites for hydroxylation is 1. The number of benzene rings is 2. The number of hydrogen-bond donors (Lipinski definition) is 1. The fraction of sp³-hybridized carbons (Fsp3) is 0.0625. The van der Waals surface area contributed by atoms with Crippen molar-refractivity contribution in [2.24, 2.45) is 5.10 Å². The Kier molecular flexibility index (Phi) is 3.47. The summed E-state index contributed by atoms with van der Waals surface area (Å²) < 4.78 is 1.26. The van der Waals surface area contributed by atoms with Crippen molar-refractivity contribution in [3.8, 4) is 11.4 Å². The molecule has 1 heterocycles. The minimum Gasteiger partial charge on any atom is -0.244 e. The number of H-pyrrole nitrogens is 1. The Bertz CT molecular complexity index is 813. The number of rotatable bonds is 3. The maximum absolute atomic E-state index is 11.8. The smallest absolute Gasteiger partial charge is 0.244 e. The lowest BCUT2D eigenvalue weighted by molar-refractivity contribution is 0.842. The zero-order chi connectivity index (χ0) is 14.7. The van der Waals surface area contributed by atoms with Gasteiger partial charge in [-0.05, 0) is 12.5 Å². The highest BCUT2D eigenvalue weighted by Crippen LogP contribution is 2.15. The molecule has 0 radical (unpaired) electrons. The van der Waals surface area contributed by atoms with E-state index in [1.54, 1.807) is 6.21 Å². The van der Waals surface area contributed by atoms with Crippen LogP contribution in [0.25, 0.3) is 11.4 Å². The second kappa shape index (κ2) is 5.58. The van der Waals surface area contributed by atoms with Gasteiger partial charge in [-0.15, -0.1) is 0 Å². The van der Waals surface area contributed by atoms with Crippen molar-refractivity contribution in [2.75, 3.05) is 0 Å². The number of nitrogens with zero attached hydrogens (tertiary/aromatic N) is 3. The largest absolute Gasteiger partial charge is 0.364 e. The molecule has 0 aliphatic rings. The zero-order valence-electron chi connectivity index (χ0n) is 11.5. The van der Waals surface area contributed by atoms with Crippen LogP contribution in [0.5, 0.6) is 0 Å². The maximum Gasteiger partial charge on any atom is 0.364 e. The quantitative estimate of drug-likeness (QED) is 0.748. The molecule has 0 saturated carbocycles. The Morgan fingerprint density at radius 2 is 1.81 bits per heavy atom. The summed E-state index contributed by atoms with van der Waals surface area (Å²) in [6.45, 7) is 2.01. The van der Waals surface area contributed by atoms with Gasteiger partial charge in [0.15, 0.2) is 5.82 Å². The second-order valence-electron chi connectivity index (χ2n) is 4.69. The Balaban J connectivity index is 2.00. The molecule has 0 unspecified atom stereocenters. The van der Waals surface area contributed by atoms with Crippen molar-refractivity contribution >= 4 is 6.21 Å². The van der Waals surface area contributed by atoms with Gasteiger partial charge >= 0.3 is 5.69 Å². The van der Waals surface area contributed by atoms with Crippen molar-refractivity contribution in [3.63, 3.8) is 0 Å². The molecule has 0 amide bonds. The van der Waals surface area contributed by atoms with E-state index < -0.39 is 0 Å². The third-order valence-electron chi connectivity index (χ3n) is 3.08. The first-order chi connectivity index (χ1) is 10.2. The van der Waals surface area contributed by atoms with Gasteiger partial charge in [0.1, 0.15) is 0 Å². The molecule has 5 heteroatoms. The molecule has 3 aromatic rings. The Morgan fingerprint density at radius 3 is 2.52 bits per heavy atom. The van der Waals surface area contributed by atoms with E-state index in [4.69, 9.17) is 0 Å². The van der Waals surface area contributed by atoms with Gasteiger partial charge in [-0.3, -0.25) is 0 Å². The molecule has 3 rings (SSSR count). The number of nitrogens with one attached hydrogen (secondary N) is 1. The SMILES string of the molecule is Cc1ccc(-c2n[nH]c(=O)n2/N=C/c2ccccc2)cc1. The van der Waals surface area contributed by atoms with E-state index in [1.165, 1.54) is 4.68 Å². The molecule has 5 nitrogen and oxygen atoms in total. The fourth-order valence-corrected chi connectivity index (χ4v) is 1.95. The van der Waals surface area contributed by atoms with E-state index in [1.807, 2.05) is 61.5 Å². The van der Waals surface area contributed by atoms with Gasteiger partial charge < -0.3 is 0 Å². The highest BCUT2D eigenvalue weighted by Gasteiger charge is 2.09. The molecule has 104 valence electrons. The molecule has 1 aromatic heterocycles. The molecule has 0 fully saturated rings. The van der Waals surface area contributed by atoms with Gasteiger partial charge in [-0.2, -0.15) is 14.9 Å². The molecule has 0 spiro atoms. The van der Waals surface area contributed by atoms with Crippen LogP contribution in [0.2, 0.25) is 0 Å². The monoisotopic (exact) mass is 278 g/mol. The zero-order valence-corrected chi connectivity index (χ0v) is 11.5. The van der Waals surface area contributed by atoms with Gasteiger partial charge in [0, 0.05) is 5.56 Å².